The number of hydrogen-bond acceptors (Lipinski definition) is 5. The Labute approximate surface area is 154 Å². The molecule has 0 atom stereocenters. The van der Waals surface area contributed by atoms with Crippen LogP contribution in [-0.4, -0.2) is 36.6 Å². The van der Waals surface area contributed by atoms with Gasteiger partial charge in [0.2, 0.25) is 0 Å². The number of hydrogen-bond donors (Lipinski definition) is 0. The lowest BCUT2D eigenvalue weighted by Crippen LogP contribution is -2.41. The van der Waals surface area contributed by atoms with Crippen molar-refractivity contribution >= 4 is 46.7 Å². The topological polar surface area (TPSA) is 36.9 Å². The van der Waals surface area contributed by atoms with Crippen LogP contribution in [0.15, 0.2) is 6.07 Å². The average Bonchev–Trinajstić information content (AvgIpc) is 2.93. The maximum Gasteiger partial charge on any atom is 0.507 e. The van der Waals surface area contributed by atoms with Gasteiger partial charge in [-0.2, -0.15) is 11.3 Å². The van der Waals surface area contributed by atoms with E-state index in [2.05, 4.69) is 0 Å². The number of halogens is 1. The van der Waals surface area contributed by atoms with Crippen molar-refractivity contribution in [2.45, 2.75) is 77.8 Å². The summed E-state index contributed by atoms with van der Waals surface area (Å²) in [5.41, 5.74) is -1.54. The second kappa shape index (κ2) is 5.48. The Morgan fingerprint density at radius 1 is 0.750 bits per heavy atom. The lowest BCUT2D eigenvalue weighted by molar-refractivity contribution is 0.00578. The fourth-order valence-electron chi connectivity index (χ4n) is 2.59. The molecule has 0 spiro atoms. The summed E-state index contributed by atoms with van der Waals surface area (Å²) in [7, 11) is -0.891. The lowest BCUT2D eigenvalue weighted by Gasteiger charge is -2.32. The van der Waals surface area contributed by atoms with Crippen LogP contribution < -0.4 is 9.55 Å². The molecule has 0 radical (unpaired) electrons. The van der Waals surface area contributed by atoms with E-state index in [1.165, 1.54) is 11.3 Å². The fraction of sp³-hybridized carbons (Fsp3) is 0.750. The summed E-state index contributed by atoms with van der Waals surface area (Å²) < 4.78 is 26.2. The van der Waals surface area contributed by atoms with Crippen molar-refractivity contribution in [3.05, 3.63) is 11.1 Å². The lowest BCUT2D eigenvalue weighted by atomic mass is 9.86. The monoisotopic (exact) mass is 370 g/mol. The van der Waals surface area contributed by atoms with E-state index in [1.54, 1.807) is 0 Å². The first kappa shape index (κ1) is 18.7. The Morgan fingerprint density at radius 3 is 1.54 bits per heavy atom. The van der Waals surface area contributed by atoms with Gasteiger partial charge in [0, 0.05) is 4.78 Å². The minimum Gasteiger partial charge on any atom is -0.399 e. The van der Waals surface area contributed by atoms with Gasteiger partial charge < -0.3 is 18.6 Å². The Bertz CT molecular complexity index is 625. The zero-order chi connectivity index (χ0) is 18.1. The quantitative estimate of drug-likeness (QED) is 0.750. The van der Waals surface area contributed by atoms with Crippen molar-refractivity contribution < 1.29 is 18.6 Å². The molecule has 0 unspecified atom stereocenters. The van der Waals surface area contributed by atoms with Crippen LogP contribution in [-0.2, 0) is 18.6 Å². The van der Waals surface area contributed by atoms with E-state index in [9.17, 15) is 0 Å². The molecule has 4 nitrogen and oxygen atoms in total. The van der Waals surface area contributed by atoms with Gasteiger partial charge in [-0.15, -0.1) is 0 Å². The molecule has 2 saturated heterocycles. The minimum atomic E-state index is -0.469. The highest BCUT2D eigenvalue weighted by Gasteiger charge is 2.55. The summed E-state index contributed by atoms with van der Waals surface area (Å²) in [5.74, 6) is 0. The molecule has 0 amide bonds. The van der Waals surface area contributed by atoms with Crippen LogP contribution in [0.5, 0.6) is 0 Å². The first-order chi connectivity index (χ1) is 10.8. The largest absolute Gasteiger partial charge is 0.507 e. The molecular weight excluding hydrogens is 345 g/mol. The van der Waals surface area contributed by atoms with Crippen LogP contribution in [0.25, 0.3) is 0 Å². The highest BCUT2D eigenvalue weighted by atomic mass is 35.5. The maximum atomic E-state index is 6.47. The molecular formula is C16H25B2ClO4S. The van der Waals surface area contributed by atoms with Gasteiger partial charge in [0.05, 0.1) is 32.2 Å². The zero-order valence-corrected chi connectivity index (χ0v) is 17.2. The molecule has 3 heterocycles. The van der Waals surface area contributed by atoms with Gasteiger partial charge in [-0.25, -0.2) is 0 Å². The maximum absolute atomic E-state index is 6.47. The summed E-state index contributed by atoms with van der Waals surface area (Å²) in [5, 5.41) is 0.628. The molecule has 1 aromatic rings. The normalized spacial score (nSPS) is 27.0. The molecule has 24 heavy (non-hydrogen) atoms. The van der Waals surface area contributed by atoms with Gasteiger partial charge >= 0.3 is 14.2 Å². The van der Waals surface area contributed by atoms with Crippen molar-refractivity contribution in [1.82, 2.24) is 0 Å². The molecule has 1 aromatic heterocycles. The molecule has 2 fully saturated rings. The molecule has 2 aliphatic rings. The van der Waals surface area contributed by atoms with E-state index in [0.29, 0.717) is 5.02 Å². The molecule has 8 heteroatoms. The molecule has 132 valence electrons. The zero-order valence-electron chi connectivity index (χ0n) is 15.7. The van der Waals surface area contributed by atoms with Crippen LogP contribution in [0.1, 0.15) is 55.4 Å². The van der Waals surface area contributed by atoms with Gasteiger partial charge in [-0.05, 0) is 61.5 Å². The van der Waals surface area contributed by atoms with Gasteiger partial charge in [0.15, 0.2) is 0 Å². The molecule has 0 aliphatic carbocycles. The number of rotatable bonds is 2. The van der Waals surface area contributed by atoms with Crippen molar-refractivity contribution in [2.75, 3.05) is 0 Å². The SMILES string of the molecule is CC1(C)OB(c2cc(Cl)c(B3OC(C)(C)C(C)(C)O3)s2)OC1(C)C. The average molecular weight is 371 g/mol. The van der Waals surface area contributed by atoms with Gasteiger partial charge in [-0.3, -0.25) is 0 Å². The van der Waals surface area contributed by atoms with E-state index in [0.717, 1.165) is 9.55 Å². The predicted molar refractivity (Wildman–Crippen MR) is 101 cm³/mol. The minimum absolute atomic E-state index is 0.376. The van der Waals surface area contributed by atoms with Crippen LogP contribution in [0.2, 0.25) is 5.02 Å². The summed E-state index contributed by atoms with van der Waals surface area (Å²) in [4.78, 5) is 0. The van der Waals surface area contributed by atoms with E-state index in [1.807, 2.05) is 61.5 Å². The molecule has 0 aromatic carbocycles. The fourth-order valence-corrected chi connectivity index (χ4v) is 3.95. The first-order valence-corrected chi connectivity index (χ1v) is 9.46. The second-order valence-corrected chi connectivity index (χ2v) is 10.1. The third-order valence-corrected chi connectivity index (χ3v) is 7.29. The summed E-state index contributed by atoms with van der Waals surface area (Å²) in [6.45, 7) is 16.3. The third kappa shape index (κ3) is 2.87. The summed E-state index contributed by atoms with van der Waals surface area (Å²) in [6.07, 6.45) is 0. The summed E-state index contributed by atoms with van der Waals surface area (Å²) in [6, 6.07) is 1.90. The van der Waals surface area contributed by atoms with E-state index >= 15 is 0 Å². The van der Waals surface area contributed by atoms with Gasteiger partial charge in [0.25, 0.3) is 0 Å². The van der Waals surface area contributed by atoms with Crippen molar-refractivity contribution in [1.29, 1.82) is 0 Å². The van der Waals surface area contributed by atoms with E-state index < -0.39 is 25.4 Å². The highest BCUT2D eigenvalue weighted by molar-refractivity contribution is 7.31. The van der Waals surface area contributed by atoms with Gasteiger partial charge in [-0.1, -0.05) is 11.6 Å². The predicted octanol–water partition coefficient (Wildman–Crippen LogP) is 3.00. The number of thiophene rings is 1. The molecule has 2 aliphatic heterocycles. The van der Waals surface area contributed by atoms with Crippen LogP contribution in [0.4, 0.5) is 0 Å². The van der Waals surface area contributed by atoms with Crippen LogP contribution >= 0.6 is 22.9 Å². The Hall–Kier alpha value is -0.0401. The Morgan fingerprint density at radius 2 is 1.12 bits per heavy atom. The van der Waals surface area contributed by atoms with Crippen LogP contribution in [0, 0.1) is 0 Å². The third-order valence-electron chi connectivity index (χ3n) is 5.69. The Kier molecular flexibility index (Phi) is 4.28. The van der Waals surface area contributed by atoms with Crippen molar-refractivity contribution in [2.24, 2.45) is 0 Å². The van der Waals surface area contributed by atoms with E-state index in [-0.39, 0.29) is 11.2 Å². The van der Waals surface area contributed by atoms with Crippen molar-refractivity contribution in [3.8, 4) is 0 Å². The highest BCUT2D eigenvalue weighted by Crippen LogP contribution is 2.39. The van der Waals surface area contributed by atoms with Crippen molar-refractivity contribution in [3.63, 3.8) is 0 Å². The smallest absolute Gasteiger partial charge is 0.399 e. The molecule has 3 rings (SSSR count). The molecule has 0 N–H and O–H groups in total. The Balaban J connectivity index is 1.85. The summed E-state index contributed by atoms with van der Waals surface area (Å²) >= 11 is 8.00. The molecule has 0 bridgehead atoms. The van der Waals surface area contributed by atoms with Crippen LogP contribution in [0.3, 0.4) is 0 Å². The second-order valence-electron chi connectivity index (χ2n) is 8.54. The van der Waals surface area contributed by atoms with E-state index in [4.69, 9.17) is 30.2 Å². The standard InChI is InChI=1S/C16H25B2ClO4S/c1-13(2)14(3,4)21-17(20-13)11-9-10(19)12(24-11)18-22-15(5,6)16(7,8)23-18/h9H,1-8H3. The first-order valence-electron chi connectivity index (χ1n) is 8.26. The molecule has 0 saturated carbocycles. The van der Waals surface area contributed by atoms with Gasteiger partial charge in [0.1, 0.15) is 0 Å².